The Hall–Kier alpha value is -0.730. The van der Waals surface area contributed by atoms with E-state index < -0.39 is 0 Å². The van der Waals surface area contributed by atoms with E-state index in [0.29, 0.717) is 5.92 Å². The Morgan fingerprint density at radius 1 is 0.952 bits per heavy atom. The average molecular weight is 343 g/mol. The summed E-state index contributed by atoms with van der Waals surface area (Å²) in [5.41, 5.74) is 2.24. The molecule has 0 radical (unpaired) electrons. The first-order chi connectivity index (χ1) is 10.1. The van der Waals surface area contributed by atoms with Crippen molar-refractivity contribution in [1.82, 2.24) is 5.32 Å². The molecule has 1 nitrogen and oxygen atoms in total. The van der Waals surface area contributed by atoms with Gasteiger partial charge in [0.25, 0.3) is 0 Å². The Kier molecular flexibility index (Phi) is 6.38. The zero-order chi connectivity index (χ0) is 15.2. The van der Waals surface area contributed by atoms with Crippen molar-refractivity contribution >= 4 is 34.8 Å². The lowest BCUT2D eigenvalue weighted by molar-refractivity contribution is 0.493. The standard InChI is InChI=1S/C17H18Cl3N/c1-21-11-13(8-12-4-2-5-14(18)9-12)10-15-16(19)6-3-7-17(15)20/h2-7,9,13,21H,8,10-11H2,1H3. The molecule has 0 spiro atoms. The van der Waals surface area contributed by atoms with E-state index in [2.05, 4.69) is 11.4 Å². The van der Waals surface area contributed by atoms with Gasteiger partial charge in [-0.2, -0.15) is 0 Å². The molecule has 0 aromatic heterocycles. The molecule has 0 saturated carbocycles. The molecule has 112 valence electrons. The van der Waals surface area contributed by atoms with Crippen LogP contribution < -0.4 is 5.32 Å². The van der Waals surface area contributed by atoms with Crippen LogP contribution in [0.3, 0.4) is 0 Å². The van der Waals surface area contributed by atoms with Crippen molar-refractivity contribution in [3.63, 3.8) is 0 Å². The van der Waals surface area contributed by atoms with Gasteiger partial charge in [-0.1, -0.05) is 53.0 Å². The van der Waals surface area contributed by atoms with Crippen LogP contribution in [0.25, 0.3) is 0 Å². The minimum atomic E-state index is 0.408. The lowest BCUT2D eigenvalue weighted by Gasteiger charge is -2.18. The zero-order valence-electron chi connectivity index (χ0n) is 11.9. The molecular weight excluding hydrogens is 325 g/mol. The maximum absolute atomic E-state index is 6.28. The summed E-state index contributed by atoms with van der Waals surface area (Å²) >= 11 is 18.6. The summed E-state index contributed by atoms with van der Waals surface area (Å²) in [5.74, 6) is 0.408. The van der Waals surface area contributed by atoms with Crippen molar-refractivity contribution in [2.45, 2.75) is 12.8 Å². The molecule has 21 heavy (non-hydrogen) atoms. The summed E-state index contributed by atoms with van der Waals surface area (Å²) in [5, 5.41) is 5.47. The molecule has 0 saturated heterocycles. The first kappa shape index (κ1) is 16.6. The fraction of sp³-hybridized carbons (Fsp3) is 0.294. The molecule has 0 aliphatic heterocycles. The Morgan fingerprint density at radius 2 is 1.62 bits per heavy atom. The lowest BCUT2D eigenvalue weighted by Crippen LogP contribution is -2.23. The molecule has 2 aromatic rings. The molecule has 4 heteroatoms. The Labute approximate surface area is 141 Å². The molecule has 1 atom stereocenters. The summed E-state index contributed by atoms with van der Waals surface area (Å²) in [4.78, 5) is 0. The van der Waals surface area contributed by atoms with Gasteiger partial charge in [-0.25, -0.2) is 0 Å². The molecule has 0 aliphatic carbocycles. The number of hydrogen-bond donors (Lipinski definition) is 1. The molecule has 0 bridgehead atoms. The average Bonchev–Trinajstić information content (AvgIpc) is 2.43. The summed E-state index contributed by atoms with van der Waals surface area (Å²) in [7, 11) is 1.96. The van der Waals surface area contributed by atoms with Crippen LogP contribution in [-0.4, -0.2) is 13.6 Å². The Morgan fingerprint density at radius 3 is 2.24 bits per heavy atom. The molecule has 0 amide bonds. The van der Waals surface area contributed by atoms with Crippen LogP contribution in [0.15, 0.2) is 42.5 Å². The molecule has 1 N–H and O–H groups in total. The van der Waals surface area contributed by atoms with Crippen LogP contribution in [0.2, 0.25) is 15.1 Å². The van der Waals surface area contributed by atoms with Crippen molar-refractivity contribution in [1.29, 1.82) is 0 Å². The third kappa shape index (κ3) is 4.89. The van der Waals surface area contributed by atoms with Gasteiger partial charge < -0.3 is 5.32 Å². The number of hydrogen-bond acceptors (Lipinski definition) is 1. The maximum atomic E-state index is 6.28. The van der Waals surface area contributed by atoms with E-state index in [1.807, 2.05) is 43.4 Å². The smallest absolute Gasteiger partial charge is 0.0452 e. The van der Waals surface area contributed by atoms with E-state index in [9.17, 15) is 0 Å². The largest absolute Gasteiger partial charge is 0.319 e. The normalized spacial score (nSPS) is 12.4. The van der Waals surface area contributed by atoms with E-state index >= 15 is 0 Å². The van der Waals surface area contributed by atoms with Crippen LogP contribution in [0.1, 0.15) is 11.1 Å². The van der Waals surface area contributed by atoms with Gasteiger partial charge in [-0.15, -0.1) is 0 Å². The fourth-order valence-electron chi connectivity index (χ4n) is 2.52. The van der Waals surface area contributed by atoms with Gasteiger partial charge in [0.2, 0.25) is 0 Å². The van der Waals surface area contributed by atoms with Gasteiger partial charge in [-0.05, 0) is 67.7 Å². The van der Waals surface area contributed by atoms with E-state index in [4.69, 9.17) is 34.8 Å². The van der Waals surface area contributed by atoms with Crippen LogP contribution in [0.5, 0.6) is 0 Å². The third-order valence-corrected chi connectivity index (χ3v) is 4.40. The summed E-state index contributed by atoms with van der Waals surface area (Å²) in [6.07, 6.45) is 1.77. The molecule has 0 heterocycles. The zero-order valence-corrected chi connectivity index (χ0v) is 14.1. The monoisotopic (exact) mass is 341 g/mol. The highest BCUT2D eigenvalue weighted by Gasteiger charge is 2.14. The second-order valence-electron chi connectivity index (χ2n) is 5.16. The highest BCUT2D eigenvalue weighted by molar-refractivity contribution is 6.36. The fourth-order valence-corrected chi connectivity index (χ4v) is 3.28. The third-order valence-electron chi connectivity index (χ3n) is 3.46. The lowest BCUT2D eigenvalue weighted by atomic mass is 9.92. The van der Waals surface area contributed by atoms with Crippen LogP contribution >= 0.6 is 34.8 Å². The molecule has 2 aromatic carbocycles. The number of nitrogens with one attached hydrogen (secondary N) is 1. The van der Waals surface area contributed by atoms with Crippen molar-refractivity contribution in [3.8, 4) is 0 Å². The van der Waals surface area contributed by atoms with Crippen LogP contribution in [0, 0.1) is 5.92 Å². The highest BCUT2D eigenvalue weighted by atomic mass is 35.5. The van der Waals surface area contributed by atoms with Crippen molar-refractivity contribution < 1.29 is 0 Å². The van der Waals surface area contributed by atoms with E-state index in [-0.39, 0.29) is 0 Å². The summed E-state index contributed by atoms with van der Waals surface area (Å²) < 4.78 is 0. The van der Waals surface area contributed by atoms with E-state index in [0.717, 1.165) is 40.0 Å². The maximum Gasteiger partial charge on any atom is 0.0452 e. The van der Waals surface area contributed by atoms with Crippen LogP contribution in [0.4, 0.5) is 0 Å². The van der Waals surface area contributed by atoms with Crippen molar-refractivity contribution in [3.05, 3.63) is 68.7 Å². The number of rotatable bonds is 6. The summed E-state index contributed by atoms with van der Waals surface area (Å²) in [6.45, 7) is 0.897. The van der Waals surface area contributed by atoms with Crippen molar-refractivity contribution in [2.24, 2.45) is 5.92 Å². The first-order valence-corrected chi connectivity index (χ1v) is 8.05. The van der Waals surface area contributed by atoms with Gasteiger partial charge in [0.1, 0.15) is 0 Å². The Balaban J connectivity index is 2.16. The molecular formula is C17H18Cl3N. The van der Waals surface area contributed by atoms with Gasteiger partial charge in [0.05, 0.1) is 0 Å². The highest BCUT2D eigenvalue weighted by Crippen LogP contribution is 2.28. The molecule has 1 unspecified atom stereocenters. The van der Waals surface area contributed by atoms with Gasteiger partial charge in [-0.3, -0.25) is 0 Å². The minimum Gasteiger partial charge on any atom is -0.319 e. The van der Waals surface area contributed by atoms with Crippen LogP contribution in [-0.2, 0) is 12.8 Å². The Bertz CT molecular complexity index is 578. The minimum absolute atomic E-state index is 0.408. The predicted molar refractivity (Wildman–Crippen MR) is 92.7 cm³/mol. The topological polar surface area (TPSA) is 12.0 Å². The van der Waals surface area contributed by atoms with E-state index in [1.165, 1.54) is 5.56 Å². The summed E-state index contributed by atoms with van der Waals surface area (Å²) in [6, 6.07) is 13.6. The number of benzene rings is 2. The number of halogens is 3. The second kappa shape index (κ2) is 8.05. The second-order valence-corrected chi connectivity index (χ2v) is 6.41. The van der Waals surface area contributed by atoms with Crippen molar-refractivity contribution in [2.75, 3.05) is 13.6 Å². The van der Waals surface area contributed by atoms with Gasteiger partial charge in [0, 0.05) is 15.1 Å². The van der Waals surface area contributed by atoms with Gasteiger partial charge in [0.15, 0.2) is 0 Å². The first-order valence-electron chi connectivity index (χ1n) is 6.92. The van der Waals surface area contributed by atoms with E-state index in [1.54, 1.807) is 0 Å². The molecule has 2 rings (SSSR count). The van der Waals surface area contributed by atoms with Gasteiger partial charge >= 0.3 is 0 Å². The molecule has 0 aliphatic rings. The SMILES string of the molecule is CNCC(Cc1cccc(Cl)c1)Cc1c(Cl)cccc1Cl. The molecule has 0 fully saturated rings. The quantitative estimate of drug-likeness (QED) is 0.754. The predicted octanol–water partition coefficient (Wildman–Crippen LogP) is 5.27.